The molecule has 1 aromatic carbocycles. The molecule has 148 valence electrons. The second-order valence-corrected chi connectivity index (χ2v) is 7.42. The summed E-state index contributed by atoms with van der Waals surface area (Å²) in [5, 5.41) is 4.12. The lowest BCUT2D eigenvalue weighted by Gasteiger charge is -2.35. The summed E-state index contributed by atoms with van der Waals surface area (Å²) in [6.45, 7) is 5.64. The van der Waals surface area contributed by atoms with Crippen molar-refractivity contribution in [3.05, 3.63) is 41.7 Å². The van der Waals surface area contributed by atoms with E-state index in [0.29, 0.717) is 36.7 Å². The number of ether oxygens (including phenoxy) is 1. The molecule has 2 amide bonds. The quantitative estimate of drug-likeness (QED) is 0.808. The minimum Gasteiger partial charge on any atom is -0.444 e. The van der Waals surface area contributed by atoms with Crippen LogP contribution in [0.1, 0.15) is 42.3 Å². The molecule has 2 fully saturated rings. The van der Waals surface area contributed by atoms with Crippen molar-refractivity contribution >= 4 is 12.0 Å². The highest BCUT2D eigenvalue weighted by atomic mass is 16.6. The molecule has 28 heavy (non-hydrogen) atoms. The third-order valence-electron chi connectivity index (χ3n) is 5.67. The normalized spacial score (nSPS) is 20.5. The summed E-state index contributed by atoms with van der Waals surface area (Å²) in [6.07, 6.45) is 2.09. The van der Waals surface area contributed by atoms with Gasteiger partial charge in [0.25, 0.3) is 5.91 Å². The van der Waals surface area contributed by atoms with Crippen LogP contribution in [0, 0.1) is 6.92 Å². The third-order valence-corrected chi connectivity index (χ3v) is 5.67. The molecular weight excluding hydrogens is 358 g/mol. The first-order valence-corrected chi connectivity index (χ1v) is 9.86. The average Bonchev–Trinajstić information content (AvgIpc) is 3.30. The van der Waals surface area contributed by atoms with Crippen molar-refractivity contribution in [2.45, 2.75) is 45.3 Å². The monoisotopic (exact) mass is 383 g/mol. The third kappa shape index (κ3) is 3.37. The lowest BCUT2D eigenvalue weighted by molar-refractivity contribution is 0.0657. The summed E-state index contributed by atoms with van der Waals surface area (Å²) in [5.74, 6) is 0.464. The summed E-state index contributed by atoms with van der Waals surface area (Å²) in [5.41, 5.74) is 1.97. The number of nitrogens with zero attached hydrogens (tertiary/aromatic N) is 3. The zero-order valence-corrected chi connectivity index (χ0v) is 16.3. The highest BCUT2D eigenvalue weighted by molar-refractivity contribution is 6.00. The maximum atomic E-state index is 13.2. The molecule has 0 radical (unpaired) electrons. The van der Waals surface area contributed by atoms with E-state index >= 15 is 0 Å². The fourth-order valence-electron chi connectivity index (χ4n) is 4.01. The zero-order chi connectivity index (χ0) is 19.7. The smallest absolute Gasteiger partial charge is 0.410 e. The van der Waals surface area contributed by atoms with Gasteiger partial charge in [0.15, 0.2) is 0 Å². The van der Waals surface area contributed by atoms with Gasteiger partial charge in [-0.05, 0) is 26.2 Å². The van der Waals surface area contributed by atoms with Crippen LogP contribution in [0.5, 0.6) is 0 Å². The lowest BCUT2D eigenvalue weighted by atomic mass is 10.0. The molecule has 0 saturated carbocycles. The number of likely N-dealkylation sites (tertiary alicyclic amines) is 1. The van der Waals surface area contributed by atoms with Gasteiger partial charge in [0.05, 0.1) is 6.54 Å². The van der Waals surface area contributed by atoms with Crippen molar-refractivity contribution in [3.8, 4) is 11.3 Å². The van der Waals surface area contributed by atoms with Gasteiger partial charge in [-0.1, -0.05) is 42.4 Å². The number of aromatic nitrogens is 1. The molecule has 0 bridgehead atoms. The first kappa shape index (κ1) is 18.5. The van der Waals surface area contributed by atoms with E-state index < -0.39 is 0 Å². The summed E-state index contributed by atoms with van der Waals surface area (Å²) in [4.78, 5) is 28.9. The Labute approximate surface area is 164 Å². The highest BCUT2D eigenvalue weighted by Crippen LogP contribution is 2.29. The van der Waals surface area contributed by atoms with E-state index in [2.05, 4.69) is 5.16 Å². The Bertz CT molecular complexity index is 856. The molecule has 2 aliphatic heterocycles. The highest BCUT2D eigenvalue weighted by Gasteiger charge is 2.38. The van der Waals surface area contributed by atoms with Gasteiger partial charge in [-0.25, -0.2) is 4.79 Å². The van der Waals surface area contributed by atoms with Crippen LogP contribution in [-0.4, -0.2) is 58.7 Å². The Balaban J connectivity index is 1.46. The Morgan fingerprint density at radius 2 is 1.93 bits per heavy atom. The van der Waals surface area contributed by atoms with Crippen molar-refractivity contribution < 1.29 is 18.8 Å². The Kier molecular flexibility index (Phi) is 5.07. The summed E-state index contributed by atoms with van der Waals surface area (Å²) in [7, 11) is 0. The van der Waals surface area contributed by atoms with Crippen LogP contribution in [0.3, 0.4) is 0 Å². The number of piperidine rings is 1. The number of carbonyl (C=O) groups excluding carboxylic acids is 2. The van der Waals surface area contributed by atoms with Gasteiger partial charge >= 0.3 is 6.09 Å². The van der Waals surface area contributed by atoms with Crippen LogP contribution < -0.4 is 0 Å². The first-order chi connectivity index (χ1) is 13.6. The molecule has 7 heteroatoms. The van der Waals surface area contributed by atoms with Crippen LogP contribution >= 0.6 is 0 Å². The fourth-order valence-corrected chi connectivity index (χ4v) is 4.01. The molecule has 1 unspecified atom stereocenters. The van der Waals surface area contributed by atoms with Crippen molar-refractivity contribution in [2.75, 3.05) is 19.6 Å². The molecule has 4 rings (SSSR count). The van der Waals surface area contributed by atoms with Gasteiger partial charge in [0, 0.05) is 24.7 Å². The maximum absolute atomic E-state index is 13.2. The SMILES string of the molecule is CCC1CN(C2CCN(C(=O)c3c(-c4ccccc4)noc3C)CC2)C(=O)O1. The largest absolute Gasteiger partial charge is 0.444 e. The van der Waals surface area contributed by atoms with Crippen LogP contribution in [0.4, 0.5) is 4.79 Å². The van der Waals surface area contributed by atoms with Gasteiger partial charge in [-0.2, -0.15) is 0 Å². The number of amides is 2. The van der Waals surface area contributed by atoms with E-state index in [1.54, 1.807) is 6.92 Å². The molecule has 2 aliphatic rings. The van der Waals surface area contributed by atoms with Crippen LogP contribution in [0.2, 0.25) is 0 Å². The predicted octanol–water partition coefficient (Wildman–Crippen LogP) is 3.49. The molecule has 1 atom stereocenters. The molecule has 0 N–H and O–H groups in total. The van der Waals surface area contributed by atoms with Crippen LogP contribution in [-0.2, 0) is 4.74 Å². The zero-order valence-electron chi connectivity index (χ0n) is 16.3. The number of hydrogen-bond donors (Lipinski definition) is 0. The predicted molar refractivity (Wildman–Crippen MR) is 103 cm³/mol. The Morgan fingerprint density at radius 1 is 1.21 bits per heavy atom. The maximum Gasteiger partial charge on any atom is 0.410 e. The fraction of sp³-hybridized carbons (Fsp3) is 0.476. The summed E-state index contributed by atoms with van der Waals surface area (Å²) >= 11 is 0. The van der Waals surface area contributed by atoms with Crippen molar-refractivity contribution in [1.29, 1.82) is 0 Å². The molecule has 1 aromatic heterocycles. The summed E-state index contributed by atoms with van der Waals surface area (Å²) < 4.78 is 10.7. The second-order valence-electron chi connectivity index (χ2n) is 7.42. The van der Waals surface area contributed by atoms with Gasteiger partial charge in [0.1, 0.15) is 23.1 Å². The van der Waals surface area contributed by atoms with Crippen molar-refractivity contribution in [3.63, 3.8) is 0 Å². The van der Waals surface area contributed by atoms with E-state index in [-0.39, 0.29) is 24.1 Å². The first-order valence-electron chi connectivity index (χ1n) is 9.86. The Morgan fingerprint density at radius 3 is 2.57 bits per heavy atom. The van der Waals surface area contributed by atoms with Gasteiger partial charge in [-0.3, -0.25) is 4.79 Å². The standard InChI is InChI=1S/C21H25N3O4/c1-3-17-13-24(21(26)27-17)16-9-11-23(12-10-16)20(25)18-14(2)28-22-19(18)15-7-5-4-6-8-15/h4-8,16-17H,3,9-13H2,1-2H3. The second kappa shape index (κ2) is 7.66. The van der Waals surface area contributed by atoms with E-state index in [9.17, 15) is 9.59 Å². The Hall–Kier alpha value is -2.83. The van der Waals surface area contributed by atoms with E-state index in [1.165, 1.54) is 0 Å². The van der Waals surface area contributed by atoms with Gasteiger partial charge < -0.3 is 19.1 Å². The molecule has 0 spiro atoms. The number of cyclic esters (lactones) is 1. The number of hydrogen-bond acceptors (Lipinski definition) is 5. The topological polar surface area (TPSA) is 75.9 Å². The molecule has 7 nitrogen and oxygen atoms in total. The van der Waals surface area contributed by atoms with Gasteiger partial charge in [-0.15, -0.1) is 0 Å². The van der Waals surface area contributed by atoms with Crippen LogP contribution in [0.25, 0.3) is 11.3 Å². The molecule has 2 aromatic rings. The van der Waals surface area contributed by atoms with E-state index in [4.69, 9.17) is 9.26 Å². The minimum absolute atomic E-state index is 0.0137. The van der Waals surface area contributed by atoms with Crippen molar-refractivity contribution in [2.24, 2.45) is 0 Å². The van der Waals surface area contributed by atoms with E-state index in [1.807, 2.05) is 47.1 Å². The summed E-state index contributed by atoms with van der Waals surface area (Å²) in [6, 6.07) is 9.72. The van der Waals surface area contributed by atoms with Crippen molar-refractivity contribution in [1.82, 2.24) is 15.0 Å². The number of carbonyl (C=O) groups is 2. The molecule has 0 aliphatic carbocycles. The number of rotatable bonds is 4. The minimum atomic E-state index is -0.224. The van der Waals surface area contributed by atoms with Gasteiger partial charge in [0.2, 0.25) is 0 Å². The molecule has 3 heterocycles. The number of benzene rings is 1. The lowest BCUT2D eigenvalue weighted by Crippen LogP contribution is -2.47. The number of aryl methyl sites for hydroxylation is 1. The van der Waals surface area contributed by atoms with Crippen LogP contribution in [0.15, 0.2) is 34.9 Å². The molecule has 2 saturated heterocycles. The molecular formula is C21H25N3O4. The average molecular weight is 383 g/mol. The van der Waals surface area contributed by atoms with E-state index in [0.717, 1.165) is 24.8 Å².